The fourth-order valence-electron chi connectivity index (χ4n) is 1.96. The van der Waals surface area contributed by atoms with Crippen LogP contribution in [0.1, 0.15) is 71.6 Å². The van der Waals surface area contributed by atoms with Gasteiger partial charge in [-0.1, -0.05) is 64.9 Å². The third-order valence-electron chi connectivity index (χ3n) is 3.06. The lowest BCUT2D eigenvalue weighted by atomic mass is 9.93. The van der Waals surface area contributed by atoms with Crippen molar-refractivity contribution in [2.75, 3.05) is 0 Å². The zero-order valence-corrected chi connectivity index (χ0v) is 10.2. The first kappa shape index (κ1) is 13.7. The topological polar surface area (TPSA) is 0 Å². The van der Waals surface area contributed by atoms with E-state index in [1.807, 2.05) is 6.08 Å². The summed E-state index contributed by atoms with van der Waals surface area (Å²) in [7, 11) is 0. The second-order valence-electron chi connectivity index (χ2n) is 4.34. The Bertz CT molecular complexity index is 115. The molecule has 0 aromatic carbocycles. The minimum Gasteiger partial charge on any atom is -0.103 e. The molecule has 0 rings (SSSR count). The number of unbranched alkanes of at least 4 members (excludes halogenated alkanes) is 4. The van der Waals surface area contributed by atoms with Crippen molar-refractivity contribution in [3.63, 3.8) is 0 Å². The van der Waals surface area contributed by atoms with Gasteiger partial charge in [-0.15, -0.1) is 6.58 Å². The largest absolute Gasteiger partial charge is 0.103 e. The lowest BCUT2D eigenvalue weighted by Gasteiger charge is -2.13. The molecule has 0 aromatic rings. The Labute approximate surface area is 90.8 Å². The fraction of sp³-hybridized carbons (Fsp3) is 0.857. The van der Waals surface area contributed by atoms with Gasteiger partial charge in [-0.05, 0) is 18.8 Å². The van der Waals surface area contributed by atoms with Crippen LogP contribution in [0.4, 0.5) is 0 Å². The second kappa shape index (κ2) is 10.8. The van der Waals surface area contributed by atoms with Gasteiger partial charge in [-0.2, -0.15) is 0 Å². The summed E-state index contributed by atoms with van der Waals surface area (Å²) in [6.07, 6.45) is 14.5. The minimum atomic E-state index is 0.992. The second-order valence-corrected chi connectivity index (χ2v) is 4.34. The summed E-state index contributed by atoms with van der Waals surface area (Å²) in [5.41, 5.74) is 0. The molecule has 1 atom stereocenters. The zero-order chi connectivity index (χ0) is 10.6. The van der Waals surface area contributed by atoms with Crippen LogP contribution in [0.15, 0.2) is 12.7 Å². The van der Waals surface area contributed by atoms with E-state index in [1.165, 1.54) is 57.8 Å². The van der Waals surface area contributed by atoms with Crippen LogP contribution < -0.4 is 0 Å². The highest BCUT2D eigenvalue weighted by Crippen LogP contribution is 2.20. The summed E-state index contributed by atoms with van der Waals surface area (Å²) in [5, 5.41) is 0. The maximum Gasteiger partial charge on any atom is -0.0353 e. The Morgan fingerprint density at radius 2 is 1.64 bits per heavy atom. The predicted octanol–water partition coefficient (Wildman–Crippen LogP) is 5.34. The van der Waals surface area contributed by atoms with Gasteiger partial charge in [0.25, 0.3) is 0 Å². The van der Waals surface area contributed by atoms with Crippen molar-refractivity contribution in [1.29, 1.82) is 0 Å². The van der Waals surface area contributed by atoms with Crippen LogP contribution in [-0.2, 0) is 0 Å². The minimum absolute atomic E-state index is 0.992. The molecule has 0 nitrogen and oxygen atoms in total. The molecule has 0 heteroatoms. The molecule has 0 aliphatic heterocycles. The molecule has 0 bridgehead atoms. The van der Waals surface area contributed by atoms with E-state index in [4.69, 9.17) is 0 Å². The Kier molecular flexibility index (Phi) is 10.6. The lowest BCUT2D eigenvalue weighted by molar-refractivity contribution is 0.401. The molecule has 14 heavy (non-hydrogen) atoms. The first-order valence-electron chi connectivity index (χ1n) is 6.46. The van der Waals surface area contributed by atoms with Crippen molar-refractivity contribution >= 4 is 0 Å². The van der Waals surface area contributed by atoms with Crippen LogP contribution in [0.3, 0.4) is 0 Å². The van der Waals surface area contributed by atoms with Gasteiger partial charge < -0.3 is 0 Å². The van der Waals surface area contributed by atoms with Crippen molar-refractivity contribution in [3.05, 3.63) is 12.7 Å². The van der Waals surface area contributed by atoms with E-state index in [0.29, 0.717) is 0 Å². The van der Waals surface area contributed by atoms with Gasteiger partial charge in [0, 0.05) is 0 Å². The summed E-state index contributed by atoms with van der Waals surface area (Å²) in [4.78, 5) is 0. The predicted molar refractivity (Wildman–Crippen MR) is 66.6 cm³/mol. The molecule has 0 aliphatic rings. The van der Waals surface area contributed by atoms with Crippen molar-refractivity contribution < 1.29 is 0 Å². The van der Waals surface area contributed by atoms with Crippen molar-refractivity contribution in [3.8, 4) is 0 Å². The van der Waals surface area contributed by atoms with Crippen molar-refractivity contribution in [2.24, 2.45) is 5.92 Å². The van der Waals surface area contributed by atoms with E-state index >= 15 is 0 Å². The van der Waals surface area contributed by atoms with E-state index in [0.717, 1.165) is 5.92 Å². The van der Waals surface area contributed by atoms with Crippen LogP contribution >= 0.6 is 0 Å². The maximum absolute atomic E-state index is 3.76. The molecule has 84 valence electrons. The van der Waals surface area contributed by atoms with Crippen LogP contribution in [-0.4, -0.2) is 0 Å². The van der Waals surface area contributed by atoms with Crippen molar-refractivity contribution in [1.82, 2.24) is 0 Å². The summed E-state index contributed by atoms with van der Waals surface area (Å²) in [6.45, 7) is 8.38. The molecule has 1 unspecified atom stereocenters. The van der Waals surface area contributed by atoms with Crippen LogP contribution in [0, 0.1) is 5.92 Å². The molecule has 0 amide bonds. The monoisotopic (exact) mass is 196 g/mol. The van der Waals surface area contributed by atoms with Crippen LogP contribution in [0.2, 0.25) is 0 Å². The zero-order valence-electron chi connectivity index (χ0n) is 10.2. The van der Waals surface area contributed by atoms with Gasteiger partial charge in [0.1, 0.15) is 0 Å². The molecular formula is C14H28. The standard InChI is InChI=1S/C14H28/c1-4-7-9-11-13-14(6-3)12-10-8-5-2/h4,14H,1,5-13H2,2-3H3. The number of allylic oxidation sites excluding steroid dienone is 1. The number of hydrogen-bond acceptors (Lipinski definition) is 0. The van der Waals surface area contributed by atoms with Gasteiger partial charge in [0.05, 0.1) is 0 Å². The smallest absolute Gasteiger partial charge is 0.0353 e. The fourth-order valence-corrected chi connectivity index (χ4v) is 1.96. The van der Waals surface area contributed by atoms with Crippen molar-refractivity contribution in [2.45, 2.75) is 71.6 Å². The Morgan fingerprint density at radius 1 is 1.00 bits per heavy atom. The number of rotatable bonds is 10. The SMILES string of the molecule is C=CCCCCC(CC)CCCCC. The summed E-state index contributed by atoms with van der Waals surface area (Å²) in [5.74, 6) is 0.992. The summed E-state index contributed by atoms with van der Waals surface area (Å²) in [6, 6.07) is 0. The van der Waals surface area contributed by atoms with Gasteiger partial charge >= 0.3 is 0 Å². The van der Waals surface area contributed by atoms with Gasteiger partial charge in [0.15, 0.2) is 0 Å². The Morgan fingerprint density at radius 3 is 2.14 bits per heavy atom. The van der Waals surface area contributed by atoms with E-state index in [1.54, 1.807) is 0 Å². The Hall–Kier alpha value is -0.260. The molecule has 0 aliphatic carbocycles. The Balaban J connectivity index is 3.33. The highest BCUT2D eigenvalue weighted by molar-refractivity contribution is 4.66. The molecule has 0 heterocycles. The maximum atomic E-state index is 3.76. The molecule has 0 N–H and O–H groups in total. The molecule has 0 radical (unpaired) electrons. The molecule has 0 spiro atoms. The average molecular weight is 196 g/mol. The summed E-state index contributed by atoms with van der Waals surface area (Å²) >= 11 is 0. The normalized spacial score (nSPS) is 12.7. The van der Waals surface area contributed by atoms with E-state index in [9.17, 15) is 0 Å². The molecular weight excluding hydrogens is 168 g/mol. The van der Waals surface area contributed by atoms with Gasteiger partial charge in [-0.3, -0.25) is 0 Å². The van der Waals surface area contributed by atoms with E-state index in [2.05, 4.69) is 20.4 Å². The third-order valence-corrected chi connectivity index (χ3v) is 3.06. The van der Waals surface area contributed by atoms with Crippen LogP contribution in [0.5, 0.6) is 0 Å². The van der Waals surface area contributed by atoms with Gasteiger partial charge in [-0.25, -0.2) is 0 Å². The first-order valence-corrected chi connectivity index (χ1v) is 6.46. The molecule has 0 saturated carbocycles. The quantitative estimate of drug-likeness (QED) is 0.327. The van der Waals surface area contributed by atoms with Crippen LogP contribution in [0.25, 0.3) is 0 Å². The van der Waals surface area contributed by atoms with E-state index in [-0.39, 0.29) is 0 Å². The van der Waals surface area contributed by atoms with Gasteiger partial charge in [0.2, 0.25) is 0 Å². The first-order chi connectivity index (χ1) is 6.85. The number of hydrogen-bond donors (Lipinski definition) is 0. The molecule has 0 aromatic heterocycles. The highest BCUT2D eigenvalue weighted by atomic mass is 14.1. The highest BCUT2D eigenvalue weighted by Gasteiger charge is 2.04. The summed E-state index contributed by atoms with van der Waals surface area (Å²) < 4.78 is 0. The lowest BCUT2D eigenvalue weighted by Crippen LogP contribution is -1.98. The molecule has 0 fully saturated rings. The molecule has 0 saturated heterocycles. The average Bonchev–Trinajstić information content (AvgIpc) is 2.22. The third kappa shape index (κ3) is 8.34. The van der Waals surface area contributed by atoms with E-state index < -0.39 is 0 Å².